The summed E-state index contributed by atoms with van der Waals surface area (Å²) in [4.78, 5) is 14.2. The first-order chi connectivity index (χ1) is 10.2. The lowest BCUT2D eigenvalue weighted by Crippen LogP contribution is -2.46. The van der Waals surface area contributed by atoms with Gasteiger partial charge in [-0.3, -0.25) is 9.69 Å². The van der Waals surface area contributed by atoms with Crippen LogP contribution in [0.4, 0.5) is 0 Å². The average molecular weight is 312 g/mol. The molecule has 0 spiro atoms. The van der Waals surface area contributed by atoms with Gasteiger partial charge in [0.05, 0.1) is 11.4 Å². The van der Waals surface area contributed by atoms with Crippen LogP contribution in [0.2, 0.25) is 0 Å². The van der Waals surface area contributed by atoms with Crippen LogP contribution in [-0.2, 0) is 10.5 Å². The molecule has 2 heterocycles. The van der Waals surface area contributed by atoms with Gasteiger partial charge in [0.25, 0.3) is 0 Å². The average Bonchev–Trinajstić information content (AvgIpc) is 2.80. The summed E-state index contributed by atoms with van der Waals surface area (Å²) >= 11 is 1.60. The van der Waals surface area contributed by atoms with Crippen molar-refractivity contribution in [3.8, 4) is 0 Å². The van der Waals surface area contributed by atoms with Gasteiger partial charge in [0, 0.05) is 50.6 Å². The molecule has 1 amide bonds. The van der Waals surface area contributed by atoms with E-state index in [1.807, 2.05) is 13.8 Å². The number of nitrogens with zero attached hydrogens (tertiary/aromatic N) is 2. The van der Waals surface area contributed by atoms with Gasteiger partial charge in [0.15, 0.2) is 0 Å². The standard InChI is InChI=1S/C14H24N4O2S/c1-11-13(12(2)20-17-11)9-21-10-14(19)16-5-8-18-6-3-15-4-7-18/h15H,3-10H2,1-2H3,(H,16,19). The van der Waals surface area contributed by atoms with Crippen molar-refractivity contribution in [2.24, 2.45) is 0 Å². The van der Waals surface area contributed by atoms with Crippen LogP contribution in [0.5, 0.6) is 0 Å². The molecule has 2 N–H and O–H groups in total. The maximum Gasteiger partial charge on any atom is 0.230 e. The largest absolute Gasteiger partial charge is 0.361 e. The number of aromatic nitrogens is 1. The summed E-state index contributed by atoms with van der Waals surface area (Å²) in [6.07, 6.45) is 0. The fraction of sp³-hybridized carbons (Fsp3) is 0.714. The molecule has 21 heavy (non-hydrogen) atoms. The summed E-state index contributed by atoms with van der Waals surface area (Å²) in [6, 6.07) is 0. The van der Waals surface area contributed by atoms with E-state index in [0.717, 1.165) is 62.0 Å². The molecule has 118 valence electrons. The van der Waals surface area contributed by atoms with Gasteiger partial charge in [0.2, 0.25) is 5.91 Å². The lowest BCUT2D eigenvalue weighted by molar-refractivity contribution is -0.118. The van der Waals surface area contributed by atoms with Crippen molar-refractivity contribution in [2.45, 2.75) is 19.6 Å². The lowest BCUT2D eigenvalue weighted by Gasteiger charge is -2.27. The van der Waals surface area contributed by atoms with Crippen LogP contribution in [0.25, 0.3) is 0 Å². The van der Waals surface area contributed by atoms with Crippen molar-refractivity contribution >= 4 is 17.7 Å². The molecule has 0 bridgehead atoms. The molecule has 1 aromatic rings. The Morgan fingerprint density at radius 3 is 2.86 bits per heavy atom. The zero-order valence-corrected chi connectivity index (χ0v) is 13.6. The number of hydrogen-bond acceptors (Lipinski definition) is 6. The second kappa shape index (κ2) is 8.41. The Bertz CT molecular complexity index is 438. The molecule has 0 aliphatic carbocycles. The highest BCUT2D eigenvalue weighted by Gasteiger charge is 2.11. The Morgan fingerprint density at radius 1 is 1.43 bits per heavy atom. The Morgan fingerprint density at radius 2 is 2.19 bits per heavy atom. The SMILES string of the molecule is Cc1noc(C)c1CSCC(=O)NCCN1CCNCC1. The second-order valence-corrected chi connectivity index (χ2v) is 6.22. The van der Waals surface area contributed by atoms with E-state index in [2.05, 4.69) is 20.7 Å². The molecule has 7 heteroatoms. The molecular weight excluding hydrogens is 288 g/mol. The molecule has 0 radical (unpaired) electrons. The van der Waals surface area contributed by atoms with Gasteiger partial charge < -0.3 is 15.2 Å². The van der Waals surface area contributed by atoms with Gasteiger partial charge in [-0.2, -0.15) is 0 Å². The molecular formula is C14H24N4O2S. The number of rotatable bonds is 7. The topological polar surface area (TPSA) is 70.4 Å². The third-order valence-electron chi connectivity index (χ3n) is 3.62. The third-order valence-corrected chi connectivity index (χ3v) is 4.58. The molecule has 6 nitrogen and oxygen atoms in total. The van der Waals surface area contributed by atoms with Crippen molar-refractivity contribution in [1.82, 2.24) is 20.7 Å². The number of hydrogen-bond donors (Lipinski definition) is 2. The first kappa shape index (κ1) is 16.3. The summed E-state index contributed by atoms with van der Waals surface area (Å²) < 4.78 is 5.11. The van der Waals surface area contributed by atoms with Crippen LogP contribution in [0, 0.1) is 13.8 Å². The first-order valence-electron chi connectivity index (χ1n) is 7.36. The summed E-state index contributed by atoms with van der Waals surface area (Å²) in [6.45, 7) is 9.71. The molecule has 0 aromatic carbocycles. The van der Waals surface area contributed by atoms with Crippen LogP contribution in [0.15, 0.2) is 4.52 Å². The van der Waals surface area contributed by atoms with E-state index in [1.165, 1.54) is 0 Å². The molecule has 2 rings (SSSR count). The van der Waals surface area contributed by atoms with Crippen molar-refractivity contribution in [1.29, 1.82) is 0 Å². The quantitative estimate of drug-likeness (QED) is 0.766. The minimum Gasteiger partial charge on any atom is -0.361 e. The zero-order chi connectivity index (χ0) is 15.1. The van der Waals surface area contributed by atoms with E-state index in [-0.39, 0.29) is 5.91 Å². The van der Waals surface area contributed by atoms with E-state index >= 15 is 0 Å². The van der Waals surface area contributed by atoms with Gasteiger partial charge >= 0.3 is 0 Å². The number of carbonyl (C=O) groups is 1. The molecule has 1 aromatic heterocycles. The molecule has 1 fully saturated rings. The van der Waals surface area contributed by atoms with E-state index in [1.54, 1.807) is 11.8 Å². The smallest absolute Gasteiger partial charge is 0.230 e. The van der Waals surface area contributed by atoms with Crippen LogP contribution < -0.4 is 10.6 Å². The highest BCUT2D eigenvalue weighted by Crippen LogP contribution is 2.19. The van der Waals surface area contributed by atoms with E-state index in [0.29, 0.717) is 5.75 Å². The molecule has 1 saturated heterocycles. The number of aryl methyl sites for hydroxylation is 2. The van der Waals surface area contributed by atoms with Crippen molar-refractivity contribution in [3.05, 3.63) is 17.0 Å². The third kappa shape index (κ3) is 5.33. The number of thioether (sulfide) groups is 1. The van der Waals surface area contributed by atoms with Crippen molar-refractivity contribution < 1.29 is 9.32 Å². The van der Waals surface area contributed by atoms with Gasteiger partial charge in [-0.1, -0.05) is 5.16 Å². The molecule has 0 unspecified atom stereocenters. The maximum atomic E-state index is 11.8. The van der Waals surface area contributed by atoms with E-state index < -0.39 is 0 Å². The van der Waals surface area contributed by atoms with Gasteiger partial charge in [-0.05, 0) is 13.8 Å². The van der Waals surface area contributed by atoms with Crippen LogP contribution >= 0.6 is 11.8 Å². The highest BCUT2D eigenvalue weighted by molar-refractivity contribution is 7.99. The number of nitrogens with one attached hydrogen (secondary N) is 2. The maximum absolute atomic E-state index is 11.8. The zero-order valence-electron chi connectivity index (χ0n) is 12.8. The Kier molecular flexibility index (Phi) is 6.53. The normalized spacial score (nSPS) is 16.1. The minimum atomic E-state index is 0.0990. The number of carbonyl (C=O) groups excluding carboxylic acids is 1. The monoisotopic (exact) mass is 312 g/mol. The van der Waals surface area contributed by atoms with Gasteiger partial charge in [-0.15, -0.1) is 11.8 Å². The van der Waals surface area contributed by atoms with Crippen LogP contribution in [0.1, 0.15) is 17.0 Å². The fourth-order valence-electron chi connectivity index (χ4n) is 2.29. The summed E-state index contributed by atoms with van der Waals surface area (Å²) in [7, 11) is 0. The number of piperazine rings is 1. The van der Waals surface area contributed by atoms with Crippen molar-refractivity contribution in [2.75, 3.05) is 45.0 Å². The van der Waals surface area contributed by atoms with Gasteiger partial charge in [-0.25, -0.2) is 0 Å². The lowest BCUT2D eigenvalue weighted by atomic mass is 10.2. The molecule has 1 aliphatic rings. The molecule has 0 atom stereocenters. The van der Waals surface area contributed by atoms with Crippen LogP contribution in [0.3, 0.4) is 0 Å². The van der Waals surface area contributed by atoms with E-state index in [9.17, 15) is 4.79 Å². The van der Waals surface area contributed by atoms with Crippen molar-refractivity contribution in [3.63, 3.8) is 0 Å². The second-order valence-electron chi connectivity index (χ2n) is 5.24. The fourth-order valence-corrected chi connectivity index (χ4v) is 3.30. The summed E-state index contributed by atoms with van der Waals surface area (Å²) in [5, 5.41) is 10.2. The predicted octanol–water partition coefficient (Wildman–Crippen LogP) is 0.546. The Hall–Kier alpha value is -1.05. The van der Waals surface area contributed by atoms with E-state index in [4.69, 9.17) is 4.52 Å². The number of amides is 1. The van der Waals surface area contributed by atoms with Gasteiger partial charge in [0.1, 0.15) is 5.76 Å². The summed E-state index contributed by atoms with van der Waals surface area (Å²) in [5.74, 6) is 2.19. The molecule has 0 saturated carbocycles. The van der Waals surface area contributed by atoms with Crippen LogP contribution in [-0.4, -0.2) is 61.0 Å². The minimum absolute atomic E-state index is 0.0990. The Labute approximate surface area is 130 Å². The molecule has 1 aliphatic heterocycles. The summed E-state index contributed by atoms with van der Waals surface area (Å²) in [5.41, 5.74) is 2.02. The predicted molar refractivity (Wildman–Crippen MR) is 84.5 cm³/mol. The Balaban J connectivity index is 1.57. The first-order valence-corrected chi connectivity index (χ1v) is 8.51. The highest BCUT2D eigenvalue weighted by atomic mass is 32.2.